The van der Waals surface area contributed by atoms with Gasteiger partial charge in [-0.2, -0.15) is 0 Å². The molecule has 0 saturated carbocycles. The topological polar surface area (TPSA) is 58.4 Å². The summed E-state index contributed by atoms with van der Waals surface area (Å²) in [4.78, 5) is 19.2. The van der Waals surface area contributed by atoms with Gasteiger partial charge in [-0.25, -0.2) is 4.98 Å². The SMILES string of the molecule is CC1CC(C)CN(C(C)(C)CNC(=O)CCc2ncc(-c3ccccc3)o2)C1. The van der Waals surface area contributed by atoms with E-state index in [4.69, 9.17) is 4.42 Å². The maximum absolute atomic E-state index is 12.4. The molecule has 2 aromatic rings. The average Bonchev–Trinajstić information content (AvgIpc) is 3.14. The third kappa shape index (κ3) is 5.44. The highest BCUT2D eigenvalue weighted by molar-refractivity contribution is 5.76. The van der Waals surface area contributed by atoms with Gasteiger partial charge in [0.2, 0.25) is 5.91 Å². The highest BCUT2D eigenvalue weighted by atomic mass is 16.4. The molecule has 1 aromatic heterocycles. The lowest BCUT2D eigenvalue weighted by molar-refractivity contribution is -0.121. The highest BCUT2D eigenvalue weighted by Crippen LogP contribution is 2.27. The number of rotatable bonds is 7. The third-order valence-electron chi connectivity index (χ3n) is 5.62. The summed E-state index contributed by atoms with van der Waals surface area (Å²) < 4.78 is 5.78. The average molecular weight is 384 g/mol. The molecular formula is C23H33N3O2. The summed E-state index contributed by atoms with van der Waals surface area (Å²) in [5, 5.41) is 3.11. The van der Waals surface area contributed by atoms with Crippen LogP contribution in [0.5, 0.6) is 0 Å². The van der Waals surface area contributed by atoms with Crippen molar-refractivity contribution in [3.63, 3.8) is 0 Å². The Bertz CT molecular complexity index is 759. The molecule has 5 nitrogen and oxygen atoms in total. The Morgan fingerprint density at radius 3 is 2.57 bits per heavy atom. The van der Waals surface area contributed by atoms with Crippen LogP contribution < -0.4 is 5.32 Å². The molecule has 1 fully saturated rings. The lowest BCUT2D eigenvalue weighted by atomic mass is 9.88. The molecule has 1 aromatic carbocycles. The fourth-order valence-electron chi connectivity index (χ4n) is 4.05. The summed E-state index contributed by atoms with van der Waals surface area (Å²) in [6.07, 6.45) is 3.92. The summed E-state index contributed by atoms with van der Waals surface area (Å²) in [6.45, 7) is 11.9. The lowest BCUT2D eigenvalue weighted by Gasteiger charge is -2.45. The number of carbonyl (C=O) groups excluding carboxylic acids is 1. The van der Waals surface area contributed by atoms with Gasteiger partial charge in [0.15, 0.2) is 11.7 Å². The first-order chi connectivity index (χ1) is 13.3. The van der Waals surface area contributed by atoms with Gasteiger partial charge in [0.25, 0.3) is 0 Å². The number of hydrogen-bond donors (Lipinski definition) is 1. The first-order valence-electron chi connectivity index (χ1n) is 10.4. The molecule has 1 aliphatic heterocycles. The smallest absolute Gasteiger partial charge is 0.220 e. The van der Waals surface area contributed by atoms with Crippen molar-refractivity contribution < 1.29 is 9.21 Å². The van der Waals surface area contributed by atoms with Crippen LogP contribution in [-0.2, 0) is 11.2 Å². The largest absolute Gasteiger partial charge is 0.441 e. The van der Waals surface area contributed by atoms with Crippen molar-refractivity contribution in [2.75, 3.05) is 19.6 Å². The first kappa shape index (κ1) is 20.6. The number of aryl methyl sites for hydroxylation is 1. The second-order valence-corrected chi connectivity index (χ2v) is 8.92. The minimum Gasteiger partial charge on any atom is -0.441 e. The molecule has 0 aliphatic carbocycles. The van der Waals surface area contributed by atoms with E-state index < -0.39 is 0 Å². The molecule has 1 aliphatic rings. The predicted octanol–water partition coefficient (Wildman–Crippen LogP) is 4.15. The van der Waals surface area contributed by atoms with Crippen molar-refractivity contribution >= 4 is 5.91 Å². The zero-order valence-electron chi connectivity index (χ0n) is 17.6. The molecule has 5 heteroatoms. The van der Waals surface area contributed by atoms with Gasteiger partial charge in [-0.1, -0.05) is 44.2 Å². The Balaban J connectivity index is 1.46. The van der Waals surface area contributed by atoms with Crippen molar-refractivity contribution in [2.24, 2.45) is 11.8 Å². The van der Waals surface area contributed by atoms with Crippen LogP contribution in [0.1, 0.15) is 46.4 Å². The van der Waals surface area contributed by atoms with Crippen molar-refractivity contribution in [3.05, 3.63) is 42.4 Å². The maximum Gasteiger partial charge on any atom is 0.220 e. The molecule has 28 heavy (non-hydrogen) atoms. The zero-order valence-corrected chi connectivity index (χ0v) is 17.6. The van der Waals surface area contributed by atoms with Gasteiger partial charge < -0.3 is 9.73 Å². The molecule has 3 rings (SSSR count). The number of hydrogen-bond acceptors (Lipinski definition) is 4. The van der Waals surface area contributed by atoms with Crippen LogP contribution in [-0.4, -0.2) is 41.0 Å². The van der Waals surface area contributed by atoms with Crippen LogP contribution >= 0.6 is 0 Å². The fraction of sp³-hybridized carbons (Fsp3) is 0.565. The van der Waals surface area contributed by atoms with Gasteiger partial charge in [-0.3, -0.25) is 9.69 Å². The molecule has 152 valence electrons. The molecule has 0 spiro atoms. The Labute approximate surface area is 168 Å². The number of amides is 1. The summed E-state index contributed by atoms with van der Waals surface area (Å²) in [5.74, 6) is 2.81. The van der Waals surface area contributed by atoms with E-state index in [0.29, 0.717) is 37.1 Å². The molecule has 1 amide bonds. The molecule has 0 radical (unpaired) electrons. The van der Waals surface area contributed by atoms with Gasteiger partial charge in [-0.05, 0) is 32.1 Å². The second kappa shape index (κ2) is 8.91. The van der Waals surface area contributed by atoms with E-state index >= 15 is 0 Å². The quantitative estimate of drug-likeness (QED) is 0.780. The summed E-state index contributed by atoms with van der Waals surface area (Å²) in [5.41, 5.74) is 0.958. The molecule has 1 N–H and O–H groups in total. The standard InChI is InChI=1S/C23H33N3O2/c1-17-12-18(2)15-26(14-17)23(3,4)16-25-21(27)10-11-22-24-13-20(28-22)19-8-6-5-7-9-19/h5-9,13,17-18H,10-12,14-16H2,1-4H3,(H,25,27). The van der Waals surface area contributed by atoms with E-state index in [-0.39, 0.29) is 11.4 Å². The van der Waals surface area contributed by atoms with Gasteiger partial charge in [0, 0.05) is 43.6 Å². The minimum absolute atomic E-state index is 0.0397. The predicted molar refractivity (Wildman–Crippen MR) is 112 cm³/mol. The van der Waals surface area contributed by atoms with Gasteiger partial charge >= 0.3 is 0 Å². The van der Waals surface area contributed by atoms with Crippen LogP contribution in [0.25, 0.3) is 11.3 Å². The lowest BCUT2D eigenvalue weighted by Crippen LogP contribution is -2.56. The minimum atomic E-state index is -0.0397. The van der Waals surface area contributed by atoms with Crippen LogP contribution in [0.2, 0.25) is 0 Å². The normalized spacial score (nSPS) is 20.9. The number of likely N-dealkylation sites (tertiary alicyclic amines) is 1. The number of nitrogens with zero attached hydrogens (tertiary/aromatic N) is 2. The van der Waals surface area contributed by atoms with Crippen LogP contribution in [0.3, 0.4) is 0 Å². The molecule has 2 atom stereocenters. The van der Waals surface area contributed by atoms with Crippen LogP contribution in [0, 0.1) is 11.8 Å². The monoisotopic (exact) mass is 383 g/mol. The number of piperidine rings is 1. The van der Waals surface area contributed by atoms with E-state index in [2.05, 4.69) is 42.9 Å². The van der Waals surface area contributed by atoms with Crippen molar-refractivity contribution in [2.45, 2.75) is 52.5 Å². The molecule has 2 heterocycles. The maximum atomic E-state index is 12.4. The Morgan fingerprint density at radius 2 is 1.89 bits per heavy atom. The van der Waals surface area contributed by atoms with Gasteiger partial charge in [0.1, 0.15) is 0 Å². The van der Waals surface area contributed by atoms with E-state index in [1.165, 1.54) is 6.42 Å². The van der Waals surface area contributed by atoms with Crippen LogP contribution in [0.15, 0.2) is 40.9 Å². The Hall–Kier alpha value is -2.14. The number of oxazole rings is 1. The number of aromatic nitrogens is 1. The van der Waals surface area contributed by atoms with E-state index in [1.54, 1.807) is 6.20 Å². The van der Waals surface area contributed by atoms with E-state index in [0.717, 1.165) is 24.4 Å². The summed E-state index contributed by atoms with van der Waals surface area (Å²) in [7, 11) is 0. The number of benzene rings is 1. The van der Waals surface area contributed by atoms with Crippen molar-refractivity contribution in [1.82, 2.24) is 15.2 Å². The van der Waals surface area contributed by atoms with E-state index in [1.807, 2.05) is 30.3 Å². The molecule has 2 unspecified atom stereocenters. The number of carbonyl (C=O) groups is 1. The molecular weight excluding hydrogens is 350 g/mol. The van der Waals surface area contributed by atoms with Gasteiger partial charge in [-0.15, -0.1) is 0 Å². The summed E-state index contributed by atoms with van der Waals surface area (Å²) in [6, 6.07) is 9.88. The fourth-order valence-corrected chi connectivity index (χ4v) is 4.05. The Morgan fingerprint density at radius 1 is 1.21 bits per heavy atom. The van der Waals surface area contributed by atoms with Crippen LogP contribution in [0.4, 0.5) is 0 Å². The Kier molecular flexibility index (Phi) is 6.55. The first-order valence-corrected chi connectivity index (χ1v) is 10.4. The number of nitrogens with one attached hydrogen (secondary N) is 1. The zero-order chi connectivity index (χ0) is 20.1. The van der Waals surface area contributed by atoms with Crippen molar-refractivity contribution in [3.8, 4) is 11.3 Å². The molecule has 1 saturated heterocycles. The third-order valence-corrected chi connectivity index (χ3v) is 5.62. The second-order valence-electron chi connectivity index (χ2n) is 8.92. The highest BCUT2D eigenvalue weighted by Gasteiger charge is 2.32. The summed E-state index contributed by atoms with van der Waals surface area (Å²) >= 11 is 0. The van der Waals surface area contributed by atoms with E-state index in [9.17, 15) is 4.79 Å². The van der Waals surface area contributed by atoms with Gasteiger partial charge in [0.05, 0.1) is 6.20 Å². The van der Waals surface area contributed by atoms with Crippen molar-refractivity contribution in [1.29, 1.82) is 0 Å². The molecule has 0 bridgehead atoms.